The van der Waals surface area contributed by atoms with Crippen molar-refractivity contribution in [2.75, 3.05) is 18.4 Å². The van der Waals surface area contributed by atoms with Crippen LogP contribution in [0.2, 0.25) is 0 Å². The van der Waals surface area contributed by atoms with Gasteiger partial charge in [-0.3, -0.25) is 14.7 Å². The van der Waals surface area contributed by atoms with Crippen LogP contribution in [-0.4, -0.2) is 55.1 Å². The lowest BCUT2D eigenvalue weighted by atomic mass is 9.98. The van der Waals surface area contributed by atoms with Crippen LogP contribution in [0.4, 0.5) is 10.1 Å². The van der Waals surface area contributed by atoms with Crippen molar-refractivity contribution in [3.63, 3.8) is 0 Å². The number of halogens is 1. The van der Waals surface area contributed by atoms with Gasteiger partial charge >= 0.3 is 0 Å². The van der Waals surface area contributed by atoms with E-state index in [4.69, 9.17) is 4.52 Å². The molecule has 4 aromatic rings. The zero-order valence-corrected chi connectivity index (χ0v) is 20.1. The molecule has 2 N–H and O–H groups in total. The molecule has 0 saturated carbocycles. The first-order valence-corrected chi connectivity index (χ1v) is 11.8. The Balaban J connectivity index is 1.29. The lowest BCUT2D eigenvalue weighted by molar-refractivity contribution is -0.127. The van der Waals surface area contributed by atoms with Crippen LogP contribution in [0.5, 0.6) is 0 Å². The van der Waals surface area contributed by atoms with Crippen molar-refractivity contribution in [1.82, 2.24) is 30.2 Å². The Hall–Kier alpha value is -4.67. The molecule has 4 heterocycles. The van der Waals surface area contributed by atoms with Crippen molar-refractivity contribution in [2.24, 2.45) is 0 Å². The Morgan fingerprint density at radius 1 is 1.27 bits per heavy atom. The third-order valence-electron chi connectivity index (χ3n) is 6.24. The first-order valence-electron chi connectivity index (χ1n) is 11.8. The first kappa shape index (κ1) is 24.0. The van der Waals surface area contributed by atoms with Crippen LogP contribution < -0.4 is 5.32 Å². The largest absolute Gasteiger partial charge is 0.339 e. The van der Waals surface area contributed by atoms with E-state index in [0.717, 1.165) is 18.4 Å². The second kappa shape index (κ2) is 10.1. The Morgan fingerprint density at radius 3 is 2.89 bits per heavy atom. The van der Waals surface area contributed by atoms with Crippen LogP contribution in [0.15, 0.2) is 59.8 Å². The van der Waals surface area contributed by atoms with Gasteiger partial charge in [-0.25, -0.2) is 9.37 Å². The number of H-pyrrole nitrogens is 1. The molecule has 0 radical (unpaired) electrons. The number of carbonyl (C=O) groups is 2. The molecule has 3 aromatic heterocycles. The van der Waals surface area contributed by atoms with E-state index in [1.165, 1.54) is 18.2 Å². The maximum absolute atomic E-state index is 14.9. The van der Waals surface area contributed by atoms with E-state index in [-0.39, 0.29) is 29.0 Å². The zero-order chi connectivity index (χ0) is 25.9. The summed E-state index contributed by atoms with van der Waals surface area (Å²) in [5, 5.41) is 13.4. The van der Waals surface area contributed by atoms with Gasteiger partial charge in [0.1, 0.15) is 11.5 Å². The van der Waals surface area contributed by atoms with E-state index < -0.39 is 11.7 Å². The molecule has 5 rings (SSSR count). The fourth-order valence-electron chi connectivity index (χ4n) is 4.27. The van der Waals surface area contributed by atoms with Crippen molar-refractivity contribution in [2.45, 2.75) is 25.7 Å². The van der Waals surface area contributed by atoms with Crippen molar-refractivity contribution in [3.8, 4) is 22.8 Å². The summed E-state index contributed by atoms with van der Waals surface area (Å²) in [6.45, 7) is 6.53. The standard InChI is InChI=1S/C26H24FN7O3/c1-3-22(35)34-11-5-6-17(14-34)26-31-24(33-37-26)16-9-10-19(18(27)12-16)30-25(36)21-8-4-7-20(29-21)23-15(2)13-28-32-23/h3-4,7-10,12-13,17H,1,5-6,11,14H2,2H3,(H,28,32)(H,30,36). The molecule has 11 heteroatoms. The first-order chi connectivity index (χ1) is 17.9. The van der Waals surface area contributed by atoms with Crippen molar-refractivity contribution >= 4 is 17.5 Å². The lowest BCUT2D eigenvalue weighted by Gasteiger charge is -2.30. The monoisotopic (exact) mass is 501 g/mol. The number of nitrogens with zero attached hydrogens (tertiary/aromatic N) is 5. The lowest BCUT2D eigenvalue weighted by Crippen LogP contribution is -2.38. The number of nitrogens with one attached hydrogen (secondary N) is 2. The van der Waals surface area contributed by atoms with Gasteiger partial charge in [0.25, 0.3) is 5.91 Å². The number of aromatic nitrogens is 5. The number of carbonyl (C=O) groups excluding carboxylic acids is 2. The summed E-state index contributed by atoms with van der Waals surface area (Å²) in [6.07, 6.45) is 4.57. The van der Waals surface area contributed by atoms with Crippen molar-refractivity contribution in [3.05, 3.63) is 78.2 Å². The van der Waals surface area contributed by atoms with Crippen LogP contribution >= 0.6 is 0 Å². The fraction of sp³-hybridized carbons (Fsp3) is 0.231. The summed E-state index contributed by atoms with van der Waals surface area (Å²) in [5.41, 5.74) is 2.68. The second-order valence-electron chi connectivity index (χ2n) is 8.77. The molecule has 37 heavy (non-hydrogen) atoms. The van der Waals surface area contributed by atoms with E-state index in [1.54, 1.807) is 35.4 Å². The number of aromatic amines is 1. The maximum Gasteiger partial charge on any atom is 0.274 e. The molecule has 1 aliphatic rings. The Kier molecular flexibility index (Phi) is 6.59. The van der Waals surface area contributed by atoms with E-state index in [9.17, 15) is 14.0 Å². The molecule has 1 unspecified atom stereocenters. The molecule has 1 atom stereocenters. The molecular weight excluding hydrogens is 477 g/mol. The van der Waals surface area contributed by atoms with Gasteiger partial charge in [-0.05, 0) is 61.7 Å². The predicted octanol–water partition coefficient (Wildman–Crippen LogP) is 4.11. The molecule has 1 saturated heterocycles. The molecule has 0 spiro atoms. The topological polar surface area (TPSA) is 130 Å². The van der Waals surface area contributed by atoms with E-state index in [1.807, 2.05) is 6.92 Å². The summed E-state index contributed by atoms with van der Waals surface area (Å²) in [4.78, 5) is 35.2. The third-order valence-corrected chi connectivity index (χ3v) is 6.24. The number of hydrogen-bond donors (Lipinski definition) is 2. The average molecular weight is 502 g/mol. The fourth-order valence-corrected chi connectivity index (χ4v) is 4.27. The smallest absolute Gasteiger partial charge is 0.274 e. The third kappa shape index (κ3) is 5.01. The van der Waals surface area contributed by atoms with Crippen LogP contribution in [0.3, 0.4) is 0 Å². The average Bonchev–Trinajstić information content (AvgIpc) is 3.59. The molecule has 188 valence electrons. The van der Waals surface area contributed by atoms with E-state index in [2.05, 4.69) is 37.2 Å². The molecular formula is C26H24FN7O3. The Bertz CT molecular complexity index is 1480. The highest BCUT2D eigenvalue weighted by Gasteiger charge is 2.28. The predicted molar refractivity (Wildman–Crippen MR) is 133 cm³/mol. The van der Waals surface area contributed by atoms with Crippen LogP contribution in [-0.2, 0) is 4.79 Å². The second-order valence-corrected chi connectivity index (χ2v) is 8.77. The number of anilines is 1. The highest BCUT2D eigenvalue weighted by molar-refractivity contribution is 6.03. The van der Waals surface area contributed by atoms with Gasteiger partial charge in [0.2, 0.25) is 17.6 Å². The number of piperidine rings is 1. The molecule has 1 fully saturated rings. The number of rotatable bonds is 6. The molecule has 2 amide bonds. The van der Waals surface area contributed by atoms with Gasteiger partial charge < -0.3 is 14.7 Å². The van der Waals surface area contributed by atoms with Gasteiger partial charge in [-0.1, -0.05) is 17.8 Å². The Labute approximate surface area is 211 Å². The number of pyridine rings is 1. The number of benzene rings is 1. The minimum Gasteiger partial charge on any atom is -0.339 e. The van der Waals surface area contributed by atoms with Crippen LogP contribution in [0.1, 0.15) is 40.7 Å². The van der Waals surface area contributed by atoms with Gasteiger partial charge in [0, 0.05) is 18.7 Å². The minimum absolute atomic E-state index is 0.00625. The maximum atomic E-state index is 14.9. The highest BCUT2D eigenvalue weighted by atomic mass is 19.1. The van der Waals surface area contributed by atoms with Gasteiger partial charge in [0.15, 0.2) is 0 Å². The zero-order valence-electron chi connectivity index (χ0n) is 20.1. The summed E-state index contributed by atoms with van der Waals surface area (Å²) in [7, 11) is 0. The van der Waals surface area contributed by atoms with Gasteiger partial charge in [0.05, 0.1) is 29.2 Å². The normalized spacial score (nSPS) is 15.4. The molecule has 1 aromatic carbocycles. The summed E-state index contributed by atoms with van der Waals surface area (Å²) >= 11 is 0. The number of hydrogen-bond acceptors (Lipinski definition) is 7. The molecule has 0 bridgehead atoms. The van der Waals surface area contributed by atoms with Gasteiger partial charge in [-0.2, -0.15) is 10.1 Å². The molecule has 1 aliphatic heterocycles. The highest BCUT2D eigenvalue weighted by Crippen LogP contribution is 2.29. The van der Waals surface area contributed by atoms with E-state index in [0.29, 0.717) is 35.9 Å². The quantitative estimate of drug-likeness (QED) is 0.380. The number of amides is 2. The van der Waals surface area contributed by atoms with Crippen LogP contribution in [0, 0.1) is 12.7 Å². The number of aryl methyl sites for hydroxylation is 1. The summed E-state index contributed by atoms with van der Waals surface area (Å²) in [6, 6.07) is 9.27. The summed E-state index contributed by atoms with van der Waals surface area (Å²) in [5.74, 6) is -0.823. The Morgan fingerprint density at radius 2 is 2.14 bits per heavy atom. The molecule has 0 aliphatic carbocycles. The summed E-state index contributed by atoms with van der Waals surface area (Å²) < 4.78 is 20.4. The SMILES string of the molecule is C=CC(=O)N1CCCC(c2nc(-c3ccc(NC(=O)c4cccc(-c5[nH]ncc5C)n4)c(F)c3)no2)C1. The van der Waals surface area contributed by atoms with Gasteiger partial charge in [-0.15, -0.1) is 0 Å². The minimum atomic E-state index is -0.654. The molecule has 10 nitrogen and oxygen atoms in total. The van der Waals surface area contributed by atoms with Crippen LogP contribution in [0.25, 0.3) is 22.8 Å². The van der Waals surface area contributed by atoms with E-state index >= 15 is 0 Å². The van der Waals surface area contributed by atoms with Crippen molar-refractivity contribution < 1.29 is 18.5 Å². The number of likely N-dealkylation sites (tertiary alicyclic amines) is 1. The van der Waals surface area contributed by atoms with Crippen molar-refractivity contribution in [1.29, 1.82) is 0 Å².